The fourth-order valence-corrected chi connectivity index (χ4v) is 9.41. The molecule has 3 saturated carbocycles. The standard InChI is InChI=1S/C43H74F8N4O6/c1-27(2)61-29(25-57-15)24-36(7,8)59-21-18-40-30-22-28(37(30,9)10)23-32(40)55(54-53-40)19-16-35(5,6)58-20-17-34(3,4)52-33(56)41(45,43(49,50)51)39(13,14)60-26-31(38(11,12)44)42(46,47)48/h27-32H,16-26H2,1-15H3,(H,52,56). The van der Waals surface area contributed by atoms with Crippen molar-refractivity contribution >= 4 is 5.91 Å². The van der Waals surface area contributed by atoms with Gasteiger partial charge in [0, 0.05) is 45.2 Å². The summed E-state index contributed by atoms with van der Waals surface area (Å²) in [7, 11) is 1.65. The van der Waals surface area contributed by atoms with Gasteiger partial charge in [-0.05, 0) is 126 Å². The lowest BCUT2D eigenvalue weighted by molar-refractivity contribution is -0.290. The van der Waals surface area contributed by atoms with Gasteiger partial charge in [0.05, 0.1) is 42.7 Å². The molecule has 61 heavy (non-hydrogen) atoms. The highest BCUT2D eigenvalue weighted by Gasteiger charge is 2.72. The molecule has 1 amide bonds. The highest BCUT2D eigenvalue weighted by atomic mass is 19.4. The maximum atomic E-state index is 16.1. The second-order valence-electron chi connectivity index (χ2n) is 21.3. The summed E-state index contributed by atoms with van der Waals surface area (Å²) >= 11 is 0. The second-order valence-corrected chi connectivity index (χ2v) is 21.3. The zero-order chi connectivity index (χ0) is 47.1. The van der Waals surface area contributed by atoms with Crippen LogP contribution in [-0.4, -0.2) is 121 Å². The molecule has 10 nitrogen and oxygen atoms in total. The molecule has 2 bridgehead atoms. The van der Waals surface area contributed by atoms with Gasteiger partial charge in [-0.2, -0.15) is 31.5 Å². The van der Waals surface area contributed by atoms with Gasteiger partial charge in [-0.25, -0.2) is 8.78 Å². The molecule has 7 unspecified atom stereocenters. The maximum Gasteiger partial charge on any atom is 0.434 e. The zero-order valence-electron chi connectivity index (χ0n) is 39.1. The number of carbonyl (C=O) groups is 1. The van der Waals surface area contributed by atoms with Crippen molar-refractivity contribution in [2.45, 2.75) is 205 Å². The number of rotatable bonds is 24. The number of nitrogens with one attached hydrogen (secondary N) is 1. The minimum absolute atomic E-state index is 0.0435. The molecule has 1 heterocycles. The molecule has 358 valence electrons. The van der Waals surface area contributed by atoms with Crippen molar-refractivity contribution in [2.24, 2.45) is 33.5 Å². The summed E-state index contributed by atoms with van der Waals surface area (Å²) in [5.41, 5.74) is -14.0. The fourth-order valence-electron chi connectivity index (χ4n) is 9.41. The molecule has 0 aromatic rings. The van der Waals surface area contributed by atoms with Crippen molar-refractivity contribution < 1.29 is 63.6 Å². The molecule has 0 saturated heterocycles. The van der Waals surface area contributed by atoms with Gasteiger partial charge in [-0.15, -0.1) is 0 Å². The summed E-state index contributed by atoms with van der Waals surface area (Å²) in [6.45, 7) is 21.1. The number of hydrogen-bond donors (Lipinski definition) is 1. The lowest BCUT2D eigenvalue weighted by atomic mass is 9.41. The first kappa shape index (κ1) is 53.4. The SMILES string of the molecule is COCC(CC(C)(C)OCCC12N=NN(CCC(C)(C)OCCC(C)(C)NC(=O)C(F)(C(F)(F)F)C(C)(C)OCC(C(C)(C)F)C(F)(F)F)C1CC1CC2C1(C)C)OC(C)C. The van der Waals surface area contributed by atoms with E-state index in [2.05, 4.69) is 33.0 Å². The number of ether oxygens (including phenoxy) is 5. The molecule has 1 aliphatic heterocycles. The molecule has 7 atom stereocenters. The smallest absolute Gasteiger partial charge is 0.382 e. The van der Waals surface area contributed by atoms with E-state index in [1.54, 1.807) is 7.11 Å². The Labute approximate surface area is 358 Å². The van der Waals surface area contributed by atoms with Gasteiger partial charge in [0.1, 0.15) is 22.7 Å². The first-order chi connectivity index (χ1) is 27.4. The third-order valence-electron chi connectivity index (χ3n) is 13.4. The van der Waals surface area contributed by atoms with Crippen molar-refractivity contribution in [3.8, 4) is 0 Å². The number of methoxy groups -OCH3 is 1. The monoisotopic (exact) mass is 895 g/mol. The number of hydrogen-bond acceptors (Lipinski definition) is 9. The van der Waals surface area contributed by atoms with E-state index in [9.17, 15) is 35.5 Å². The lowest BCUT2D eigenvalue weighted by Gasteiger charge is -2.65. The molecule has 3 fully saturated rings. The Morgan fingerprint density at radius 1 is 0.820 bits per heavy atom. The Hall–Kier alpha value is -1.89. The van der Waals surface area contributed by atoms with Crippen LogP contribution in [0.1, 0.15) is 135 Å². The average Bonchev–Trinajstić information content (AvgIpc) is 3.42. The molecule has 3 aliphatic carbocycles. The molecule has 0 spiro atoms. The summed E-state index contributed by atoms with van der Waals surface area (Å²) in [5.74, 6) is -4.19. The molecular weight excluding hydrogens is 820 g/mol. The summed E-state index contributed by atoms with van der Waals surface area (Å²) in [4.78, 5) is 13.2. The normalized spacial score (nSPS) is 25.6. The van der Waals surface area contributed by atoms with E-state index in [-0.39, 0.29) is 36.7 Å². The van der Waals surface area contributed by atoms with Crippen LogP contribution in [-0.2, 0) is 28.5 Å². The second kappa shape index (κ2) is 18.5. The van der Waals surface area contributed by atoms with Gasteiger partial charge in [0.2, 0.25) is 0 Å². The van der Waals surface area contributed by atoms with Crippen LogP contribution in [0.2, 0.25) is 0 Å². The predicted octanol–water partition coefficient (Wildman–Crippen LogP) is 10.3. The Bertz CT molecular complexity index is 1480. The van der Waals surface area contributed by atoms with Gasteiger partial charge in [0.15, 0.2) is 0 Å². The Kier molecular flexibility index (Phi) is 16.2. The zero-order valence-corrected chi connectivity index (χ0v) is 39.1. The van der Waals surface area contributed by atoms with Gasteiger partial charge in [0.25, 0.3) is 5.91 Å². The van der Waals surface area contributed by atoms with Gasteiger partial charge < -0.3 is 29.0 Å². The number of carbonyl (C=O) groups excluding carboxylic acids is 1. The van der Waals surface area contributed by atoms with Crippen molar-refractivity contribution in [3.63, 3.8) is 0 Å². The van der Waals surface area contributed by atoms with E-state index in [1.807, 2.05) is 32.7 Å². The van der Waals surface area contributed by atoms with E-state index in [4.69, 9.17) is 34.0 Å². The minimum Gasteiger partial charge on any atom is -0.382 e. The van der Waals surface area contributed by atoms with Crippen LogP contribution >= 0.6 is 0 Å². The highest BCUT2D eigenvalue weighted by Crippen LogP contribution is 2.67. The van der Waals surface area contributed by atoms with Crippen LogP contribution < -0.4 is 5.32 Å². The van der Waals surface area contributed by atoms with E-state index in [1.165, 1.54) is 13.8 Å². The summed E-state index contributed by atoms with van der Waals surface area (Å²) in [6.07, 6.45) is -7.37. The van der Waals surface area contributed by atoms with Crippen LogP contribution in [0.5, 0.6) is 0 Å². The molecule has 4 rings (SSSR count). The van der Waals surface area contributed by atoms with Crippen LogP contribution in [0, 0.1) is 23.2 Å². The van der Waals surface area contributed by atoms with Crippen LogP contribution in [0.15, 0.2) is 10.3 Å². The van der Waals surface area contributed by atoms with Crippen molar-refractivity contribution in [2.75, 3.05) is 40.1 Å². The number of alkyl halides is 8. The summed E-state index contributed by atoms with van der Waals surface area (Å²) < 4.78 is 143. The summed E-state index contributed by atoms with van der Waals surface area (Å²) in [5, 5.41) is 13.9. The molecule has 0 aromatic carbocycles. The Balaban J connectivity index is 1.62. The van der Waals surface area contributed by atoms with Gasteiger partial charge in [-0.1, -0.05) is 19.1 Å². The van der Waals surface area contributed by atoms with Crippen LogP contribution in [0.4, 0.5) is 35.1 Å². The topological polar surface area (TPSA) is 103 Å². The molecule has 0 radical (unpaired) electrons. The first-order valence-electron chi connectivity index (χ1n) is 21.5. The van der Waals surface area contributed by atoms with Gasteiger partial charge >= 0.3 is 18.0 Å². The lowest BCUT2D eigenvalue weighted by Crippen LogP contribution is -2.68. The van der Waals surface area contributed by atoms with Gasteiger partial charge in [-0.3, -0.25) is 9.80 Å². The molecule has 4 aliphatic rings. The maximum absolute atomic E-state index is 16.1. The molecule has 1 N–H and O–H groups in total. The third-order valence-corrected chi connectivity index (χ3v) is 13.4. The number of nitrogens with zero attached hydrogens (tertiary/aromatic N) is 3. The van der Waals surface area contributed by atoms with E-state index < -0.39 is 70.0 Å². The Morgan fingerprint density at radius 3 is 1.92 bits per heavy atom. The van der Waals surface area contributed by atoms with Crippen LogP contribution in [0.25, 0.3) is 0 Å². The van der Waals surface area contributed by atoms with Crippen molar-refractivity contribution in [1.82, 2.24) is 10.3 Å². The van der Waals surface area contributed by atoms with E-state index in [0.29, 0.717) is 78.6 Å². The number of amides is 1. The van der Waals surface area contributed by atoms with E-state index >= 15 is 4.39 Å². The summed E-state index contributed by atoms with van der Waals surface area (Å²) in [6, 6.07) is 0.0667. The van der Waals surface area contributed by atoms with Crippen molar-refractivity contribution in [1.29, 1.82) is 0 Å². The minimum atomic E-state index is -5.91. The highest BCUT2D eigenvalue weighted by molar-refractivity contribution is 5.88. The quantitative estimate of drug-likeness (QED) is 0.0963. The fraction of sp³-hybridized carbons (Fsp3) is 0.977. The predicted molar refractivity (Wildman–Crippen MR) is 215 cm³/mol. The van der Waals surface area contributed by atoms with E-state index in [0.717, 1.165) is 12.8 Å². The average molecular weight is 895 g/mol. The van der Waals surface area contributed by atoms with Crippen LogP contribution in [0.3, 0.4) is 0 Å². The van der Waals surface area contributed by atoms with Crippen molar-refractivity contribution in [3.05, 3.63) is 0 Å². The largest absolute Gasteiger partial charge is 0.434 e. The molecular formula is C43H74F8N4O6. The third kappa shape index (κ3) is 12.5. The molecule has 0 aromatic heterocycles. The number of halogens is 8. The molecule has 18 heteroatoms. The first-order valence-corrected chi connectivity index (χ1v) is 21.5. The Morgan fingerprint density at radius 2 is 1.41 bits per heavy atom.